The molecular formula is C17H19FN2O4. The fourth-order valence-electron chi connectivity index (χ4n) is 3.11. The van der Waals surface area contributed by atoms with Crippen molar-refractivity contribution < 1.29 is 23.8 Å². The molecule has 128 valence electrons. The molecule has 2 aliphatic rings. The molecule has 2 heterocycles. The number of aliphatic hydroxyl groups is 1. The zero-order chi connectivity index (χ0) is 17.3. The molecule has 1 amide bonds. The number of carbonyl (C=O) groups is 2. The molecule has 7 heteroatoms. The molecule has 1 fully saturated rings. The van der Waals surface area contributed by atoms with Crippen molar-refractivity contribution in [1.29, 1.82) is 0 Å². The number of rotatable bonds is 4. The molecule has 0 bridgehead atoms. The van der Waals surface area contributed by atoms with E-state index in [-0.39, 0.29) is 18.0 Å². The summed E-state index contributed by atoms with van der Waals surface area (Å²) in [7, 11) is 0. The van der Waals surface area contributed by atoms with Gasteiger partial charge in [0, 0.05) is 13.1 Å². The van der Waals surface area contributed by atoms with Crippen molar-refractivity contribution in [2.24, 2.45) is 0 Å². The predicted octanol–water partition coefficient (Wildman–Crippen LogP) is 1.40. The highest BCUT2D eigenvalue weighted by atomic mass is 19.1. The van der Waals surface area contributed by atoms with Gasteiger partial charge >= 0.3 is 0 Å². The lowest BCUT2D eigenvalue weighted by atomic mass is 9.97. The van der Waals surface area contributed by atoms with Crippen LogP contribution in [0.5, 0.6) is 0 Å². The van der Waals surface area contributed by atoms with Gasteiger partial charge in [-0.25, -0.2) is 4.39 Å². The summed E-state index contributed by atoms with van der Waals surface area (Å²) in [6.07, 6.45) is 0. The summed E-state index contributed by atoms with van der Waals surface area (Å²) in [5, 5.41) is 10.2. The van der Waals surface area contributed by atoms with Crippen LogP contribution >= 0.6 is 0 Å². The molecule has 1 aromatic rings. The van der Waals surface area contributed by atoms with Crippen LogP contribution in [-0.4, -0.2) is 59.6 Å². The number of amides is 1. The quantitative estimate of drug-likeness (QED) is 0.901. The molecule has 1 N–H and O–H groups in total. The van der Waals surface area contributed by atoms with Gasteiger partial charge < -0.3 is 14.7 Å². The van der Waals surface area contributed by atoms with E-state index in [0.717, 1.165) is 0 Å². The van der Waals surface area contributed by atoms with Crippen LogP contribution in [0, 0.1) is 5.82 Å². The van der Waals surface area contributed by atoms with Crippen molar-refractivity contribution in [2.45, 2.75) is 13.0 Å². The van der Waals surface area contributed by atoms with Gasteiger partial charge in [-0.2, -0.15) is 0 Å². The van der Waals surface area contributed by atoms with Gasteiger partial charge in [-0.15, -0.1) is 0 Å². The number of hydrogen-bond acceptors (Lipinski definition) is 5. The number of carbonyl (C=O) groups excluding carboxylic acids is 2. The number of hydrogen-bond donors (Lipinski definition) is 1. The van der Waals surface area contributed by atoms with Gasteiger partial charge in [0.2, 0.25) is 0 Å². The maximum Gasteiger partial charge on any atom is 0.291 e. The smallest absolute Gasteiger partial charge is 0.291 e. The van der Waals surface area contributed by atoms with Crippen molar-refractivity contribution in [3.05, 3.63) is 47.0 Å². The highest BCUT2D eigenvalue weighted by Gasteiger charge is 2.42. The Morgan fingerprint density at radius 2 is 1.92 bits per heavy atom. The number of ether oxygens (including phenoxy) is 1. The van der Waals surface area contributed by atoms with Crippen LogP contribution in [-0.2, 0) is 14.3 Å². The Hall–Kier alpha value is -2.25. The van der Waals surface area contributed by atoms with E-state index >= 15 is 0 Å². The van der Waals surface area contributed by atoms with Gasteiger partial charge in [-0.05, 0) is 24.6 Å². The van der Waals surface area contributed by atoms with Gasteiger partial charge in [0.05, 0.1) is 31.5 Å². The molecule has 0 saturated carbocycles. The summed E-state index contributed by atoms with van der Waals surface area (Å²) in [6, 6.07) is 4.90. The van der Waals surface area contributed by atoms with Crippen LogP contribution in [0.15, 0.2) is 35.6 Å². The molecule has 0 aliphatic carbocycles. The second-order valence-corrected chi connectivity index (χ2v) is 5.92. The van der Waals surface area contributed by atoms with Crippen LogP contribution < -0.4 is 0 Å². The van der Waals surface area contributed by atoms with Gasteiger partial charge in [0.15, 0.2) is 11.5 Å². The van der Waals surface area contributed by atoms with E-state index in [4.69, 9.17) is 4.74 Å². The Bertz CT molecular complexity index is 680. The summed E-state index contributed by atoms with van der Waals surface area (Å²) >= 11 is 0. The van der Waals surface area contributed by atoms with Crippen molar-refractivity contribution >= 4 is 11.7 Å². The van der Waals surface area contributed by atoms with Crippen molar-refractivity contribution in [3.8, 4) is 0 Å². The number of ketones is 1. The van der Waals surface area contributed by atoms with Crippen molar-refractivity contribution in [1.82, 2.24) is 9.80 Å². The van der Waals surface area contributed by atoms with Crippen LogP contribution in [0.3, 0.4) is 0 Å². The van der Waals surface area contributed by atoms with E-state index in [9.17, 15) is 19.1 Å². The average Bonchev–Trinajstić information content (AvgIpc) is 2.82. The zero-order valence-electron chi connectivity index (χ0n) is 13.4. The molecular weight excluding hydrogens is 315 g/mol. The first-order valence-corrected chi connectivity index (χ1v) is 7.79. The Morgan fingerprint density at radius 3 is 2.50 bits per heavy atom. The second kappa shape index (κ2) is 6.70. The van der Waals surface area contributed by atoms with Crippen LogP contribution in [0.2, 0.25) is 0 Å². The van der Waals surface area contributed by atoms with Gasteiger partial charge in [-0.3, -0.25) is 14.5 Å². The highest BCUT2D eigenvalue weighted by molar-refractivity contribution is 6.08. The Kier molecular flexibility index (Phi) is 4.64. The number of nitrogens with zero attached hydrogens (tertiary/aromatic N) is 2. The summed E-state index contributed by atoms with van der Waals surface area (Å²) in [6.45, 7) is 4.05. The number of morpholine rings is 1. The summed E-state index contributed by atoms with van der Waals surface area (Å²) in [5.41, 5.74) is 0.645. The van der Waals surface area contributed by atoms with E-state index < -0.39 is 23.5 Å². The monoisotopic (exact) mass is 334 g/mol. The molecule has 3 rings (SSSR count). The summed E-state index contributed by atoms with van der Waals surface area (Å²) < 4.78 is 18.5. The molecule has 1 aromatic carbocycles. The Labute approximate surface area is 139 Å². The predicted molar refractivity (Wildman–Crippen MR) is 83.6 cm³/mol. The molecule has 1 atom stereocenters. The van der Waals surface area contributed by atoms with E-state index in [1.807, 2.05) is 4.90 Å². The average molecular weight is 334 g/mol. The molecule has 6 nitrogen and oxygen atoms in total. The van der Waals surface area contributed by atoms with Crippen molar-refractivity contribution in [2.75, 3.05) is 33.0 Å². The lowest BCUT2D eigenvalue weighted by Gasteiger charge is -2.34. The fourth-order valence-corrected chi connectivity index (χ4v) is 3.11. The molecule has 0 aromatic heterocycles. The first kappa shape index (κ1) is 16.6. The first-order chi connectivity index (χ1) is 11.5. The van der Waals surface area contributed by atoms with E-state index in [0.29, 0.717) is 31.9 Å². The lowest BCUT2D eigenvalue weighted by molar-refractivity contribution is -0.132. The third-order valence-electron chi connectivity index (χ3n) is 4.32. The SMILES string of the molecule is CC(=O)C1=C(O)C(=O)N(CN2CCOCC2)[C@H]1c1ccc(F)cc1. The standard InChI is InChI=1S/C17H19FN2O4/c1-11(21)14-15(12-2-4-13(18)5-3-12)20(17(23)16(14)22)10-19-6-8-24-9-7-19/h2-5,15,22H,6-10H2,1H3/t15-/m0/s1. The first-order valence-electron chi connectivity index (χ1n) is 7.79. The normalized spacial score (nSPS) is 22.3. The van der Waals surface area contributed by atoms with E-state index in [1.54, 1.807) is 0 Å². The molecule has 24 heavy (non-hydrogen) atoms. The molecule has 0 unspecified atom stereocenters. The Morgan fingerprint density at radius 1 is 1.29 bits per heavy atom. The fraction of sp³-hybridized carbons (Fsp3) is 0.412. The number of halogens is 1. The second-order valence-electron chi connectivity index (χ2n) is 5.92. The number of aliphatic hydroxyl groups excluding tert-OH is 1. The zero-order valence-corrected chi connectivity index (χ0v) is 13.4. The summed E-state index contributed by atoms with van der Waals surface area (Å²) in [4.78, 5) is 27.9. The summed E-state index contributed by atoms with van der Waals surface area (Å²) in [5.74, 6) is -1.88. The molecule has 1 saturated heterocycles. The molecule has 0 radical (unpaired) electrons. The number of benzene rings is 1. The minimum absolute atomic E-state index is 0.0554. The Balaban J connectivity index is 1.94. The van der Waals surface area contributed by atoms with E-state index in [1.165, 1.54) is 36.1 Å². The minimum atomic E-state index is -0.710. The minimum Gasteiger partial charge on any atom is -0.503 e. The van der Waals surface area contributed by atoms with Crippen molar-refractivity contribution in [3.63, 3.8) is 0 Å². The molecule has 2 aliphatic heterocycles. The van der Waals surface area contributed by atoms with Crippen LogP contribution in [0.1, 0.15) is 18.5 Å². The number of Topliss-reactive ketones (excluding diaryl/α,β-unsaturated/α-hetero) is 1. The third kappa shape index (κ3) is 3.05. The maximum absolute atomic E-state index is 13.2. The third-order valence-corrected chi connectivity index (χ3v) is 4.32. The van der Waals surface area contributed by atoms with Gasteiger partial charge in [0.25, 0.3) is 5.91 Å². The van der Waals surface area contributed by atoms with Gasteiger partial charge in [0.1, 0.15) is 5.82 Å². The largest absolute Gasteiger partial charge is 0.503 e. The molecule has 0 spiro atoms. The maximum atomic E-state index is 13.2. The van der Waals surface area contributed by atoms with Crippen LogP contribution in [0.25, 0.3) is 0 Å². The lowest BCUT2D eigenvalue weighted by Crippen LogP contribution is -2.46. The highest BCUT2D eigenvalue weighted by Crippen LogP contribution is 2.37. The van der Waals surface area contributed by atoms with E-state index in [2.05, 4.69) is 0 Å². The van der Waals surface area contributed by atoms with Crippen LogP contribution in [0.4, 0.5) is 4.39 Å². The topological polar surface area (TPSA) is 70.1 Å². The van der Waals surface area contributed by atoms with Gasteiger partial charge in [-0.1, -0.05) is 12.1 Å².